The number of aromatic hydroxyl groups is 2. The van der Waals surface area contributed by atoms with Gasteiger partial charge in [-0.15, -0.1) is 0 Å². The number of aromatic amines is 2. The molecule has 0 unspecified atom stereocenters. The Morgan fingerprint density at radius 1 is 0.456 bits per heavy atom. The Bertz CT molecular complexity index is 2440. The smallest absolute Gasteiger partial charge is 0.126 e. The molecule has 0 amide bonds. The molecule has 0 saturated carbocycles. The lowest BCUT2D eigenvalue weighted by Crippen LogP contribution is -2.17. The fraction of sp³-hybridized carbons (Fsp3) is 0.433. The second-order valence-corrected chi connectivity index (χ2v) is 23.0. The second-order valence-electron chi connectivity index (χ2n) is 23.0. The van der Waals surface area contributed by atoms with Gasteiger partial charge in [0.2, 0.25) is 0 Å². The Kier molecular flexibility index (Phi) is 14.9. The first kappa shape index (κ1) is 49.9. The Labute approximate surface area is 406 Å². The highest BCUT2D eigenvalue weighted by atomic mass is 16.5. The van der Waals surface area contributed by atoms with Gasteiger partial charge in [0.05, 0.1) is 13.2 Å². The quantitative estimate of drug-likeness (QED) is 0.0722. The first-order valence-corrected chi connectivity index (χ1v) is 24.6. The summed E-state index contributed by atoms with van der Waals surface area (Å²) in [6.07, 6.45) is 14.7. The van der Waals surface area contributed by atoms with Crippen molar-refractivity contribution in [3.8, 4) is 23.0 Å². The maximum atomic E-state index is 12.7. The van der Waals surface area contributed by atoms with E-state index >= 15 is 0 Å². The number of nitrogens with one attached hydrogen (secondary N) is 2. The minimum Gasteiger partial charge on any atom is -0.507 e. The predicted molar refractivity (Wildman–Crippen MR) is 282 cm³/mol. The molecule has 2 aromatic heterocycles. The highest BCUT2D eigenvalue weighted by molar-refractivity contribution is 5.79. The number of aliphatic imine (C=N–C) groups is 2. The van der Waals surface area contributed by atoms with Gasteiger partial charge in [-0.2, -0.15) is 0 Å². The molecule has 8 nitrogen and oxygen atoms in total. The van der Waals surface area contributed by atoms with Crippen LogP contribution in [0.3, 0.4) is 0 Å². The van der Waals surface area contributed by atoms with Gasteiger partial charge in [-0.25, -0.2) is 0 Å². The van der Waals surface area contributed by atoms with E-state index in [1.165, 1.54) is 11.1 Å². The lowest BCUT2D eigenvalue weighted by Gasteiger charge is -2.28. The zero-order valence-corrected chi connectivity index (χ0v) is 42.9. The number of aromatic nitrogens is 2. The van der Waals surface area contributed by atoms with Crippen LogP contribution in [-0.4, -0.2) is 58.9 Å². The van der Waals surface area contributed by atoms with Gasteiger partial charge in [0.25, 0.3) is 0 Å². The van der Waals surface area contributed by atoms with Crippen molar-refractivity contribution in [2.75, 3.05) is 26.3 Å². The van der Waals surface area contributed by atoms with Crippen LogP contribution in [0.1, 0.15) is 174 Å². The van der Waals surface area contributed by atoms with E-state index in [2.05, 4.69) is 152 Å². The third-order valence-corrected chi connectivity index (χ3v) is 13.1. The topological polar surface area (TPSA) is 115 Å². The van der Waals surface area contributed by atoms with Crippen LogP contribution in [0.5, 0.6) is 23.0 Å². The lowest BCUT2D eigenvalue weighted by atomic mass is 9.79. The molecule has 1 aliphatic carbocycles. The third kappa shape index (κ3) is 12.3. The van der Waals surface area contributed by atoms with Crippen molar-refractivity contribution in [2.24, 2.45) is 9.98 Å². The van der Waals surface area contributed by atoms with Crippen LogP contribution in [-0.2, 0) is 47.3 Å². The molecular weight excluding hydrogens is 841 g/mol. The zero-order valence-electron chi connectivity index (χ0n) is 42.9. The van der Waals surface area contributed by atoms with Gasteiger partial charge in [0, 0.05) is 100.0 Å². The summed E-state index contributed by atoms with van der Waals surface area (Å²) < 4.78 is 13.9. The number of hydrogen-bond donors (Lipinski definition) is 4. The molecule has 2 heterocycles. The number of phenols is 2. The Balaban J connectivity index is 1.42. The van der Waals surface area contributed by atoms with Crippen LogP contribution >= 0.6 is 0 Å². The number of phenolic OH excluding ortho intramolecular Hbond substituents is 2. The first-order chi connectivity index (χ1) is 32.0. The molecule has 6 aromatic rings. The number of ether oxygens (including phenoxy) is 2. The van der Waals surface area contributed by atoms with E-state index < -0.39 is 0 Å². The standard InChI is InChI=1S/C60H76N4O4/c1-57(2,3)49-27-41-23-45-31-51(59(7,8)9)33-47(55(45)67-21-13-17-61-35-39-15-19-63-37-39)25-43-29-50(58(4,5)6)30-44(54(43)66)26-48-34-52(60(10,11)12)32-46(24-42(28-49)53(41)65)56(48)68-22-14-18-62-36-40-16-20-64-38-40/h15-16,19-20,27-38,63-66H,13-14,17-18,21-26H2,1-12H3. The molecule has 8 heteroatoms. The third-order valence-electron chi connectivity index (χ3n) is 13.1. The van der Waals surface area contributed by atoms with E-state index in [0.29, 0.717) is 63.5 Å². The number of hydrogen-bond acceptors (Lipinski definition) is 6. The summed E-state index contributed by atoms with van der Waals surface area (Å²) in [5.41, 5.74) is 13.4. The molecule has 0 saturated heterocycles. The van der Waals surface area contributed by atoms with Gasteiger partial charge in [0.1, 0.15) is 23.0 Å². The Hall–Kier alpha value is -6.02. The van der Waals surface area contributed by atoms with Gasteiger partial charge in [-0.3, -0.25) is 9.98 Å². The summed E-state index contributed by atoms with van der Waals surface area (Å²) in [6.45, 7) is 29.1. The molecule has 0 fully saturated rings. The molecule has 0 radical (unpaired) electrons. The van der Waals surface area contributed by atoms with Crippen LogP contribution < -0.4 is 9.47 Å². The lowest BCUT2D eigenvalue weighted by molar-refractivity contribution is 0.307. The van der Waals surface area contributed by atoms with Gasteiger partial charge in [-0.1, -0.05) is 132 Å². The van der Waals surface area contributed by atoms with Crippen LogP contribution in [0.4, 0.5) is 0 Å². The molecule has 0 spiro atoms. The minimum absolute atomic E-state index is 0.185. The van der Waals surface area contributed by atoms with Crippen LogP contribution in [0.15, 0.2) is 95.4 Å². The predicted octanol–water partition coefficient (Wildman–Crippen LogP) is 13.4. The highest BCUT2D eigenvalue weighted by Crippen LogP contribution is 2.44. The van der Waals surface area contributed by atoms with E-state index in [4.69, 9.17) is 9.47 Å². The largest absolute Gasteiger partial charge is 0.507 e. The SMILES string of the molecule is CC(C)(C)c1cc2c(O)c(c1)Cc1cc(C(C)(C)C)cc(c1OCCCN=Cc1cc[nH]c1)Cc1cc(C(C)(C)C)cc(c1O)Cc1cc(C(C)(C)C)cc(c1OCCCN=Cc1cc[nH]c1)C2. The zero-order chi connectivity index (χ0) is 49.0. The second kappa shape index (κ2) is 20.3. The van der Waals surface area contributed by atoms with E-state index in [1.807, 2.05) is 49.3 Å². The number of benzene rings is 4. The maximum Gasteiger partial charge on any atom is 0.126 e. The molecule has 4 aromatic carbocycles. The fourth-order valence-electron chi connectivity index (χ4n) is 8.85. The van der Waals surface area contributed by atoms with E-state index in [9.17, 15) is 10.2 Å². The molecular formula is C60H76N4O4. The van der Waals surface area contributed by atoms with Crippen molar-refractivity contribution >= 4 is 12.4 Å². The van der Waals surface area contributed by atoms with E-state index in [1.54, 1.807) is 0 Å². The molecule has 4 N–H and O–H groups in total. The molecule has 0 atom stereocenters. The average molecular weight is 917 g/mol. The molecule has 7 rings (SSSR count). The van der Waals surface area contributed by atoms with Crippen molar-refractivity contribution in [3.05, 3.63) is 163 Å². The highest BCUT2D eigenvalue weighted by Gasteiger charge is 2.28. The fourth-order valence-corrected chi connectivity index (χ4v) is 8.85. The van der Waals surface area contributed by atoms with Crippen molar-refractivity contribution in [1.82, 2.24) is 9.97 Å². The summed E-state index contributed by atoms with van der Waals surface area (Å²) in [5, 5.41) is 25.3. The number of fused-ring (bicyclic) bond motifs is 8. The summed E-state index contributed by atoms with van der Waals surface area (Å²) in [6, 6.07) is 21.9. The van der Waals surface area contributed by atoms with Crippen LogP contribution in [0.25, 0.3) is 0 Å². The van der Waals surface area contributed by atoms with Gasteiger partial charge in [-0.05, 0) is 101 Å². The molecule has 0 aliphatic heterocycles. The average Bonchev–Trinajstić information content (AvgIpc) is 3.98. The summed E-state index contributed by atoms with van der Waals surface area (Å²) in [5.74, 6) is 2.20. The molecule has 68 heavy (non-hydrogen) atoms. The van der Waals surface area contributed by atoms with Crippen LogP contribution in [0, 0.1) is 0 Å². The van der Waals surface area contributed by atoms with Gasteiger partial charge < -0.3 is 29.7 Å². The normalized spacial score (nSPS) is 13.7. The van der Waals surface area contributed by atoms with Crippen LogP contribution in [0.2, 0.25) is 0 Å². The Morgan fingerprint density at radius 2 is 0.735 bits per heavy atom. The Morgan fingerprint density at radius 3 is 0.985 bits per heavy atom. The summed E-state index contributed by atoms with van der Waals surface area (Å²) >= 11 is 0. The minimum atomic E-state index is -0.194. The first-order valence-electron chi connectivity index (χ1n) is 24.6. The van der Waals surface area contributed by atoms with Gasteiger partial charge in [0.15, 0.2) is 0 Å². The summed E-state index contributed by atoms with van der Waals surface area (Å²) in [7, 11) is 0. The molecule has 1 aliphatic rings. The van der Waals surface area contributed by atoms with Crippen molar-refractivity contribution in [3.63, 3.8) is 0 Å². The molecule has 8 bridgehead atoms. The van der Waals surface area contributed by atoms with E-state index in [0.717, 1.165) is 91.1 Å². The maximum absolute atomic E-state index is 12.7. The number of rotatable bonds is 12. The molecule has 360 valence electrons. The van der Waals surface area contributed by atoms with Crippen molar-refractivity contribution in [2.45, 2.75) is 143 Å². The van der Waals surface area contributed by atoms with Crippen molar-refractivity contribution < 1.29 is 19.7 Å². The number of H-pyrrole nitrogens is 2. The number of nitrogens with zero attached hydrogens (tertiary/aromatic N) is 2. The van der Waals surface area contributed by atoms with Crippen molar-refractivity contribution in [1.29, 1.82) is 0 Å². The van der Waals surface area contributed by atoms with Gasteiger partial charge >= 0.3 is 0 Å². The summed E-state index contributed by atoms with van der Waals surface area (Å²) in [4.78, 5) is 15.5. The monoisotopic (exact) mass is 917 g/mol. The van der Waals surface area contributed by atoms with E-state index in [-0.39, 0.29) is 21.7 Å².